The van der Waals surface area contributed by atoms with Crippen LogP contribution in [0.4, 0.5) is 5.95 Å². The Bertz CT molecular complexity index is 324. The van der Waals surface area contributed by atoms with Gasteiger partial charge in [-0.05, 0) is 0 Å². The maximum absolute atomic E-state index is 8.84. The largest absolute Gasteiger partial charge is 0.395 e. The van der Waals surface area contributed by atoms with Crippen LogP contribution >= 0.6 is 11.6 Å². The highest BCUT2D eigenvalue weighted by atomic mass is 35.5. The van der Waals surface area contributed by atoms with E-state index in [0.29, 0.717) is 5.02 Å². The Labute approximate surface area is 99.7 Å². The van der Waals surface area contributed by atoms with Gasteiger partial charge < -0.3 is 10.0 Å². The first kappa shape index (κ1) is 11.6. The molecule has 0 atom stereocenters. The van der Waals surface area contributed by atoms with Gasteiger partial charge in [0, 0.05) is 32.7 Å². The Hall–Kier alpha value is -0.910. The molecule has 0 aliphatic carbocycles. The van der Waals surface area contributed by atoms with Crippen molar-refractivity contribution in [2.75, 3.05) is 44.2 Å². The molecular formula is C10H15ClN4O. The number of hydrogen-bond acceptors (Lipinski definition) is 5. The molecule has 1 saturated heterocycles. The molecule has 1 N–H and O–H groups in total. The number of anilines is 1. The second kappa shape index (κ2) is 5.43. The third-order valence-corrected chi connectivity index (χ3v) is 2.87. The smallest absolute Gasteiger partial charge is 0.225 e. The Balaban J connectivity index is 1.91. The zero-order valence-corrected chi connectivity index (χ0v) is 9.77. The fourth-order valence-corrected chi connectivity index (χ4v) is 1.88. The summed E-state index contributed by atoms with van der Waals surface area (Å²) >= 11 is 5.74. The maximum atomic E-state index is 8.84. The fourth-order valence-electron chi connectivity index (χ4n) is 1.78. The van der Waals surface area contributed by atoms with Gasteiger partial charge in [-0.15, -0.1) is 0 Å². The number of rotatable bonds is 3. The average molecular weight is 243 g/mol. The highest BCUT2D eigenvalue weighted by Crippen LogP contribution is 2.12. The summed E-state index contributed by atoms with van der Waals surface area (Å²) in [5.41, 5.74) is 0. The number of piperazine rings is 1. The lowest BCUT2D eigenvalue weighted by molar-refractivity contribution is 0.188. The third kappa shape index (κ3) is 2.81. The Morgan fingerprint density at radius 3 is 2.38 bits per heavy atom. The molecule has 1 aliphatic heterocycles. The summed E-state index contributed by atoms with van der Waals surface area (Å²) < 4.78 is 0. The van der Waals surface area contributed by atoms with E-state index in [0.717, 1.165) is 38.7 Å². The predicted octanol–water partition coefficient (Wildman–Crippen LogP) is 0.244. The van der Waals surface area contributed by atoms with Gasteiger partial charge >= 0.3 is 0 Å². The van der Waals surface area contributed by atoms with Crippen LogP contribution in [0.15, 0.2) is 12.4 Å². The van der Waals surface area contributed by atoms with E-state index in [1.165, 1.54) is 0 Å². The zero-order chi connectivity index (χ0) is 11.4. The quantitative estimate of drug-likeness (QED) is 0.823. The molecule has 0 radical (unpaired) electrons. The predicted molar refractivity (Wildman–Crippen MR) is 62.8 cm³/mol. The molecule has 0 spiro atoms. The molecule has 0 aromatic carbocycles. The molecule has 2 rings (SSSR count). The minimum Gasteiger partial charge on any atom is -0.395 e. The van der Waals surface area contributed by atoms with Gasteiger partial charge in [0.05, 0.1) is 24.0 Å². The molecule has 0 amide bonds. The van der Waals surface area contributed by atoms with Crippen molar-refractivity contribution >= 4 is 17.5 Å². The molecule has 0 bridgehead atoms. The summed E-state index contributed by atoms with van der Waals surface area (Å²) in [6, 6.07) is 0. The summed E-state index contributed by atoms with van der Waals surface area (Å²) in [6.07, 6.45) is 3.23. The molecule has 6 heteroatoms. The first-order valence-electron chi connectivity index (χ1n) is 5.35. The van der Waals surface area contributed by atoms with Crippen molar-refractivity contribution in [3.05, 3.63) is 17.4 Å². The van der Waals surface area contributed by atoms with Crippen LogP contribution in [0, 0.1) is 0 Å². The van der Waals surface area contributed by atoms with Gasteiger partial charge in [0.2, 0.25) is 5.95 Å². The highest BCUT2D eigenvalue weighted by Gasteiger charge is 2.17. The summed E-state index contributed by atoms with van der Waals surface area (Å²) in [4.78, 5) is 12.7. The van der Waals surface area contributed by atoms with Crippen LogP contribution in [-0.4, -0.2) is 59.3 Å². The van der Waals surface area contributed by atoms with Gasteiger partial charge in [-0.2, -0.15) is 0 Å². The lowest BCUT2D eigenvalue weighted by Gasteiger charge is -2.34. The van der Waals surface area contributed by atoms with Crippen molar-refractivity contribution in [1.82, 2.24) is 14.9 Å². The van der Waals surface area contributed by atoms with E-state index in [4.69, 9.17) is 16.7 Å². The van der Waals surface area contributed by atoms with Crippen molar-refractivity contribution in [2.45, 2.75) is 0 Å². The molecule has 5 nitrogen and oxygen atoms in total. The second-order valence-electron chi connectivity index (χ2n) is 3.75. The number of β-amino-alcohol motifs (C(OH)–C–C–N with tert-alkyl or cyclic N) is 1. The van der Waals surface area contributed by atoms with E-state index in [-0.39, 0.29) is 6.61 Å². The van der Waals surface area contributed by atoms with Gasteiger partial charge in [0.1, 0.15) is 0 Å². The Kier molecular flexibility index (Phi) is 3.93. The van der Waals surface area contributed by atoms with E-state index >= 15 is 0 Å². The fraction of sp³-hybridized carbons (Fsp3) is 0.600. The van der Waals surface area contributed by atoms with Crippen LogP contribution in [0.1, 0.15) is 0 Å². The third-order valence-electron chi connectivity index (χ3n) is 2.68. The van der Waals surface area contributed by atoms with Gasteiger partial charge in [0.15, 0.2) is 0 Å². The van der Waals surface area contributed by atoms with Gasteiger partial charge in [-0.25, -0.2) is 9.97 Å². The van der Waals surface area contributed by atoms with Crippen molar-refractivity contribution in [1.29, 1.82) is 0 Å². The van der Waals surface area contributed by atoms with Crippen LogP contribution in [0.25, 0.3) is 0 Å². The van der Waals surface area contributed by atoms with Crippen LogP contribution in [0.2, 0.25) is 5.02 Å². The molecule has 16 heavy (non-hydrogen) atoms. The molecule has 1 aliphatic rings. The van der Waals surface area contributed by atoms with E-state index in [2.05, 4.69) is 19.8 Å². The first-order valence-corrected chi connectivity index (χ1v) is 5.73. The monoisotopic (exact) mass is 242 g/mol. The minimum absolute atomic E-state index is 0.220. The molecule has 0 unspecified atom stereocenters. The molecular weight excluding hydrogens is 228 g/mol. The number of halogens is 1. The van der Waals surface area contributed by atoms with Crippen molar-refractivity contribution in [3.63, 3.8) is 0 Å². The number of aromatic nitrogens is 2. The minimum atomic E-state index is 0.220. The van der Waals surface area contributed by atoms with Gasteiger partial charge in [-0.1, -0.05) is 11.6 Å². The Morgan fingerprint density at radius 2 is 1.81 bits per heavy atom. The lowest BCUT2D eigenvalue weighted by atomic mass is 10.3. The average Bonchev–Trinajstić information content (AvgIpc) is 2.32. The molecule has 0 saturated carbocycles. The SMILES string of the molecule is OCCN1CCN(c2ncc(Cl)cn2)CC1. The molecule has 1 aromatic rings. The molecule has 88 valence electrons. The van der Waals surface area contributed by atoms with E-state index < -0.39 is 0 Å². The number of hydrogen-bond donors (Lipinski definition) is 1. The Morgan fingerprint density at radius 1 is 1.19 bits per heavy atom. The summed E-state index contributed by atoms with van der Waals surface area (Å²) in [5.74, 6) is 0.730. The number of nitrogens with zero attached hydrogens (tertiary/aromatic N) is 4. The van der Waals surface area contributed by atoms with Crippen LogP contribution in [0.5, 0.6) is 0 Å². The van der Waals surface area contributed by atoms with Crippen LogP contribution < -0.4 is 4.90 Å². The number of aliphatic hydroxyl groups excluding tert-OH is 1. The maximum Gasteiger partial charge on any atom is 0.225 e. The first-order chi connectivity index (χ1) is 7.79. The molecule has 1 aromatic heterocycles. The van der Waals surface area contributed by atoms with E-state index in [1.807, 2.05) is 0 Å². The molecule has 1 fully saturated rings. The molecule has 2 heterocycles. The number of aliphatic hydroxyl groups is 1. The second-order valence-corrected chi connectivity index (χ2v) is 4.19. The van der Waals surface area contributed by atoms with Crippen molar-refractivity contribution in [2.24, 2.45) is 0 Å². The van der Waals surface area contributed by atoms with Gasteiger partial charge in [-0.3, -0.25) is 4.90 Å². The van der Waals surface area contributed by atoms with E-state index in [1.54, 1.807) is 12.4 Å². The van der Waals surface area contributed by atoms with Crippen LogP contribution in [0.3, 0.4) is 0 Å². The zero-order valence-electron chi connectivity index (χ0n) is 9.01. The van der Waals surface area contributed by atoms with E-state index in [9.17, 15) is 0 Å². The lowest BCUT2D eigenvalue weighted by Crippen LogP contribution is -2.47. The summed E-state index contributed by atoms with van der Waals surface area (Å²) in [6.45, 7) is 4.62. The highest BCUT2D eigenvalue weighted by molar-refractivity contribution is 6.30. The summed E-state index contributed by atoms with van der Waals surface area (Å²) in [5, 5.41) is 9.40. The van der Waals surface area contributed by atoms with Gasteiger partial charge in [0.25, 0.3) is 0 Å². The standard InChI is InChI=1S/C10H15ClN4O/c11-9-7-12-10(13-8-9)15-3-1-14(2-4-15)5-6-16/h7-8,16H,1-6H2. The topological polar surface area (TPSA) is 52.5 Å². The van der Waals surface area contributed by atoms with Crippen molar-refractivity contribution in [3.8, 4) is 0 Å². The normalized spacial score (nSPS) is 17.8. The van der Waals surface area contributed by atoms with Crippen LogP contribution in [-0.2, 0) is 0 Å². The summed E-state index contributed by atoms with van der Waals surface area (Å²) in [7, 11) is 0. The van der Waals surface area contributed by atoms with Crippen molar-refractivity contribution < 1.29 is 5.11 Å².